The minimum atomic E-state index is -0.815. The number of nitrogens with two attached hydrogens (primary N) is 1. The molecule has 5 rings (SSSR count). The van der Waals surface area contributed by atoms with Crippen LogP contribution in [0.5, 0.6) is 0 Å². The first-order valence-electron chi connectivity index (χ1n) is 10.7. The van der Waals surface area contributed by atoms with Crippen LogP contribution in [0.25, 0.3) is 17.2 Å². The summed E-state index contributed by atoms with van der Waals surface area (Å²) in [6.07, 6.45) is 8.92. The second-order valence-electron chi connectivity index (χ2n) is 8.98. The van der Waals surface area contributed by atoms with Gasteiger partial charge in [-0.25, -0.2) is 15.0 Å². The summed E-state index contributed by atoms with van der Waals surface area (Å²) in [6.45, 7) is 7.63. The van der Waals surface area contributed by atoms with Crippen molar-refractivity contribution < 1.29 is 9.52 Å². The molecule has 32 heavy (non-hydrogen) atoms. The summed E-state index contributed by atoms with van der Waals surface area (Å²) in [5, 5.41) is 19.2. The molecule has 5 heterocycles. The first-order chi connectivity index (χ1) is 15.3. The first kappa shape index (κ1) is 20.4. The predicted octanol–water partition coefficient (Wildman–Crippen LogP) is 2.02. The summed E-state index contributed by atoms with van der Waals surface area (Å²) in [5.74, 6) is 1.57. The molecule has 168 valence electrons. The first-order valence-corrected chi connectivity index (χ1v) is 10.7. The topological polar surface area (TPSA) is 136 Å². The molecule has 0 saturated carbocycles. The number of aryl methyl sites for hydroxylation is 1. The van der Waals surface area contributed by atoms with Crippen molar-refractivity contribution in [2.75, 3.05) is 23.7 Å². The van der Waals surface area contributed by atoms with Crippen molar-refractivity contribution in [2.24, 2.45) is 0 Å². The van der Waals surface area contributed by atoms with Gasteiger partial charge in [-0.2, -0.15) is 9.61 Å². The molecule has 1 aliphatic rings. The highest BCUT2D eigenvalue weighted by atomic mass is 16.3. The van der Waals surface area contributed by atoms with E-state index >= 15 is 0 Å². The zero-order valence-electron chi connectivity index (χ0n) is 18.4. The van der Waals surface area contributed by atoms with E-state index in [0.717, 1.165) is 43.0 Å². The maximum atomic E-state index is 10.1. The molecule has 4 aromatic rings. The third kappa shape index (κ3) is 3.79. The highest BCUT2D eigenvalue weighted by molar-refractivity contribution is 5.65. The van der Waals surface area contributed by atoms with Gasteiger partial charge in [0.2, 0.25) is 11.8 Å². The van der Waals surface area contributed by atoms with Crippen molar-refractivity contribution in [3.8, 4) is 11.6 Å². The number of oxazole rings is 1. The number of anilines is 2. The van der Waals surface area contributed by atoms with Gasteiger partial charge in [0.25, 0.3) is 0 Å². The van der Waals surface area contributed by atoms with Crippen LogP contribution in [0.15, 0.2) is 29.3 Å². The SMILES string of the molecule is Cc1c(-c2ncco2)nc(N)n2nc([C@@H]3CCCN(c4cnn(CC(C)(C)O)c4)C3)nc12. The Labute approximate surface area is 184 Å². The lowest BCUT2D eigenvalue weighted by Gasteiger charge is -2.32. The van der Waals surface area contributed by atoms with Crippen molar-refractivity contribution >= 4 is 17.3 Å². The molecule has 1 aliphatic heterocycles. The van der Waals surface area contributed by atoms with Crippen molar-refractivity contribution in [1.29, 1.82) is 0 Å². The molecule has 11 heteroatoms. The molecule has 0 spiro atoms. The summed E-state index contributed by atoms with van der Waals surface area (Å²) in [4.78, 5) is 15.7. The molecule has 0 radical (unpaired) electrons. The van der Waals surface area contributed by atoms with Crippen LogP contribution in [0.2, 0.25) is 0 Å². The normalized spacial score (nSPS) is 17.4. The molecular formula is C21H27N9O2. The summed E-state index contributed by atoms with van der Waals surface area (Å²) >= 11 is 0. The van der Waals surface area contributed by atoms with Gasteiger partial charge >= 0.3 is 0 Å². The van der Waals surface area contributed by atoms with E-state index in [0.29, 0.717) is 23.8 Å². The van der Waals surface area contributed by atoms with Crippen LogP contribution < -0.4 is 10.6 Å². The van der Waals surface area contributed by atoms with Crippen LogP contribution >= 0.6 is 0 Å². The number of piperidine rings is 1. The van der Waals surface area contributed by atoms with E-state index in [1.165, 1.54) is 6.26 Å². The zero-order valence-corrected chi connectivity index (χ0v) is 18.4. The van der Waals surface area contributed by atoms with Crippen molar-refractivity contribution in [3.05, 3.63) is 36.2 Å². The average Bonchev–Trinajstić information content (AvgIpc) is 3.50. The van der Waals surface area contributed by atoms with Gasteiger partial charge in [0.15, 0.2) is 11.5 Å². The molecule has 1 saturated heterocycles. The minimum absolute atomic E-state index is 0.158. The Hall–Kier alpha value is -3.47. The zero-order chi connectivity index (χ0) is 22.5. The Morgan fingerprint density at radius 3 is 2.91 bits per heavy atom. The van der Waals surface area contributed by atoms with Gasteiger partial charge in [-0.3, -0.25) is 4.68 Å². The number of aliphatic hydroxyl groups is 1. The number of nitrogens with zero attached hydrogens (tertiary/aromatic N) is 8. The second kappa shape index (κ2) is 7.59. The van der Waals surface area contributed by atoms with Gasteiger partial charge in [-0.15, -0.1) is 5.10 Å². The fourth-order valence-electron chi connectivity index (χ4n) is 4.22. The van der Waals surface area contributed by atoms with Gasteiger partial charge in [0.1, 0.15) is 12.0 Å². The van der Waals surface area contributed by atoms with Crippen LogP contribution in [0.1, 0.15) is 44.0 Å². The Morgan fingerprint density at radius 1 is 1.31 bits per heavy atom. The molecule has 0 bridgehead atoms. The van der Waals surface area contributed by atoms with E-state index in [-0.39, 0.29) is 11.9 Å². The number of hydrogen-bond donors (Lipinski definition) is 2. The standard InChI is InChI=1S/C21H27N9O2/c1-13-16(19-23-6-8-32-19)25-20(22)30-18(13)26-17(27-30)14-5-4-7-28(10-14)15-9-24-29(11-15)12-21(2,3)31/h6,8-9,11,14,31H,4-5,7,10,12H2,1-3H3,(H2,22,25)/t14-/m1/s1. The summed E-state index contributed by atoms with van der Waals surface area (Å²) in [7, 11) is 0. The Bertz CT molecular complexity index is 1240. The number of aromatic nitrogens is 7. The highest BCUT2D eigenvalue weighted by Crippen LogP contribution is 2.30. The molecule has 11 nitrogen and oxygen atoms in total. The average molecular weight is 438 g/mol. The highest BCUT2D eigenvalue weighted by Gasteiger charge is 2.27. The van der Waals surface area contributed by atoms with Gasteiger partial charge in [-0.05, 0) is 33.6 Å². The van der Waals surface area contributed by atoms with E-state index in [9.17, 15) is 5.11 Å². The van der Waals surface area contributed by atoms with Gasteiger partial charge in [0.05, 0.1) is 30.2 Å². The summed E-state index contributed by atoms with van der Waals surface area (Å²) in [5.41, 5.74) is 8.46. The van der Waals surface area contributed by atoms with E-state index in [1.807, 2.05) is 19.3 Å². The Balaban J connectivity index is 1.42. The molecule has 3 N–H and O–H groups in total. The molecule has 1 fully saturated rings. The van der Waals surface area contributed by atoms with E-state index in [2.05, 4.69) is 25.1 Å². The Morgan fingerprint density at radius 2 is 2.16 bits per heavy atom. The van der Waals surface area contributed by atoms with Crippen LogP contribution in [0.4, 0.5) is 11.6 Å². The molecule has 1 atom stereocenters. The van der Waals surface area contributed by atoms with Crippen molar-refractivity contribution in [2.45, 2.75) is 51.7 Å². The maximum Gasteiger partial charge on any atom is 0.245 e. The van der Waals surface area contributed by atoms with Crippen LogP contribution in [0, 0.1) is 6.92 Å². The van der Waals surface area contributed by atoms with Crippen molar-refractivity contribution in [1.82, 2.24) is 34.3 Å². The van der Waals surface area contributed by atoms with Crippen LogP contribution in [0.3, 0.4) is 0 Å². The molecule has 0 amide bonds. The predicted molar refractivity (Wildman–Crippen MR) is 118 cm³/mol. The molecule has 0 unspecified atom stereocenters. The fraction of sp³-hybridized carbons (Fsp3) is 0.476. The summed E-state index contributed by atoms with van der Waals surface area (Å²) < 4.78 is 8.78. The number of rotatable bonds is 5. The second-order valence-corrected chi connectivity index (χ2v) is 8.98. The quantitative estimate of drug-likeness (QED) is 0.480. The maximum absolute atomic E-state index is 10.1. The fourth-order valence-corrected chi connectivity index (χ4v) is 4.22. The molecule has 0 aliphatic carbocycles. The third-order valence-electron chi connectivity index (χ3n) is 5.71. The van der Waals surface area contributed by atoms with E-state index in [1.54, 1.807) is 29.2 Å². The van der Waals surface area contributed by atoms with Gasteiger partial charge < -0.3 is 20.2 Å². The van der Waals surface area contributed by atoms with Crippen LogP contribution in [-0.4, -0.2) is 58.1 Å². The van der Waals surface area contributed by atoms with Crippen molar-refractivity contribution in [3.63, 3.8) is 0 Å². The number of fused-ring (bicyclic) bond motifs is 1. The Kier molecular flexibility index (Phi) is 4.85. The van der Waals surface area contributed by atoms with Crippen LogP contribution in [-0.2, 0) is 6.54 Å². The molecule has 0 aromatic carbocycles. The summed E-state index contributed by atoms with van der Waals surface area (Å²) in [6, 6.07) is 0. The number of nitrogen functional groups attached to an aromatic ring is 1. The smallest absolute Gasteiger partial charge is 0.245 e. The lowest BCUT2D eigenvalue weighted by atomic mass is 9.97. The monoisotopic (exact) mass is 437 g/mol. The third-order valence-corrected chi connectivity index (χ3v) is 5.71. The van der Waals surface area contributed by atoms with E-state index in [4.69, 9.17) is 15.1 Å². The van der Waals surface area contributed by atoms with Gasteiger partial charge in [-0.1, -0.05) is 0 Å². The molecule has 4 aromatic heterocycles. The van der Waals surface area contributed by atoms with Gasteiger partial charge in [0, 0.05) is 30.8 Å². The lowest BCUT2D eigenvalue weighted by molar-refractivity contribution is 0.0577. The van der Waals surface area contributed by atoms with E-state index < -0.39 is 5.60 Å². The largest absolute Gasteiger partial charge is 0.443 e. The molecular weight excluding hydrogens is 410 g/mol. The number of hydrogen-bond acceptors (Lipinski definition) is 9. The lowest BCUT2D eigenvalue weighted by Crippen LogP contribution is -2.34. The minimum Gasteiger partial charge on any atom is -0.443 e.